The van der Waals surface area contributed by atoms with E-state index >= 15 is 0 Å². The predicted molar refractivity (Wildman–Crippen MR) is 58.6 cm³/mol. The summed E-state index contributed by atoms with van der Waals surface area (Å²) in [6.07, 6.45) is 3.75. The molecule has 1 saturated carbocycles. The molecule has 0 bridgehead atoms. The van der Waals surface area contributed by atoms with Gasteiger partial charge in [0.1, 0.15) is 6.61 Å². The Kier molecular flexibility index (Phi) is 3.90. The van der Waals surface area contributed by atoms with Crippen LogP contribution in [0.2, 0.25) is 0 Å². The number of aromatic nitrogens is 2. The SMILES string of the molecule is Cc1nc(COCC2CCCC2CN)no1. The van der Waals surface area contributed by atoms with Crippen LogP contribution in [0.5, 0.6) is 0 Å². The molecule has 0 saturated heterocycles. The maximum absolute atomic E-state index is 5.72. The van der Waals surface area contributed by atoms with Crippen LogP contribution >= 0.6 is 0 Å². The van der Waals surface area contributed by atoms with Gasteiger partial charge in [-0.15, -0.1) is 0 Å². The molecular formula is C11H19N3O2. The highest BCUT2D eigenvalue weighted by molar-refractivity contribution is 4.82. The number of rotatable bonds is 5. The summed E-state index contributed by atoms with van der Waals surface area (Å²) < 4.78 is 10.5. The lowest BCUT2D eigenvalue weighted by Crippen LogP contribution is -2.22. The Balaban J connectivity index is 1.71. The molecule has 16 heavy (non-hydrogen) atoms. The molecule has 0 amide bonds. The van der Waals surface area contributed by atoms with Crippen molar-refractivity contribution in [2.24, 2.45) is 17.6 Å². The Morgan fingerprint density at radius 2 is 2.25 bits per heavy atom. The zero-order valence-electron chi connectivity index (χ0n) is 9.69. The Bertz CT molecular complexity index is 327. The van der Waals surface area contributed by atoms with Gasteiger partial charge in [-0.25, -0.2) is 0 Å². The number of nitrogens with zero attached hydrogens (tertiary/aromatic N) is 2. The molecule has 2 unspecified atom stereocenters. The van der Waals surface area contributed by atoms with Crippen molar-refractivity contribution >= 4 is 0 Å². The molecule has 2 rings (SSSR count). The first kappa shape index (κ1) is 11.5. The lowest BCUT2D eigenvalue weighted by atomic mass is 9.97. The second kappa shape index (κ2) is 5.41. The first-order valence-electron chi connectivity index (χ1n) is 5.86. The fourth-order valence-corrected chi connectivity index (χ4v) is 2.34. The van der Waals surface area contributed by atoms with Gasteiger partial charge in [0.05, 0.1) is 6.61 Å². The molecule has 1 aliphatic carbocycles. The number of hydrogen-bond donors (Lipinski definition) is 1. The lowest BCUT2D eigenvalue weighted by molar-refractivity contribution is 0.0701. The minimum Gasteiger partial charge on any atom is -0.373 e. The maximum Gasteiger partial charge on any atom is 0.223 e. The van der Waals surface area contributed by atoms with E-state index in [0.29, 0.717) is 30.2 Å². The standard InChI is InChI=1S/C11H19N3O2/c1-8-13-11(14-16-8)7-15-6-10-4-2-3-9(10)5-12/h9-10H,2-7,12H2,1H3. The predicted octanol–water partition coefficient (Wildman–Crippen LogP) is 1.27. The average molecular weight is 225 g/mol. The van der Waals surface area contributed by atoms with E-state index in [1.165, 1.54) is 19.3 Å². The number of hydrogen-bond acceptors (Lipinski definition) is 5. The molecule has 0 spiro atoms. The molecule has 2 N–H and O–H groups in total. The van der Waals surface area contributed by atoms with Gasteiger partial charge in [0.25, 0.3) is 0 Å². The highest BCUT2D eigenvalue weighted by Crippen LogP contribution is 2.31. The van der Waals surface area contributed by atoms with Gasteiger partial charge in [0, 0.05) is 6.92 Å². The summed E-state index contributed by atoms with van der Waals surface area (Å²) in [5.41, 5.74) is 5.72. The highest BCUT2D eigenvalue weighted by atomic mass is 16.5. The monoisotopic (exact) mass is 225 g/mol. The van der Waals surface area contributed by atoms with Gasteiger partial charge in [0.2, 0.25) is 5.89 Å². The fraction of sp³-hybridized carbons (Fsp3) is 0.818. The molecule has 1 aliphatic rings. The van der Waals surface area contributed by atoms with Crippen LogP contribution in [-0.2, 0) is 11.3 Å². The van der Waals surface area contributed by atoms with Crippen LogP contribution in [0.25, 0.3) is 0 Å². The van der Waals surface area contributed by atoms with Crippen LogP contribution in [0, 0.1) is 18.8 Å². The van der Waals surface area contributed by atoms with Crippen LogP contribution < -0.4 is 5.73 Å². The Morgan fingerprint density at radius 1 is 1.44 bits per heavy atom. The molecule has 0 aliphatic heterocycles. The van der Waals surface area contributed by atoms with E-state index in [4.69, 9.17) is 15.0 Å². The van der Waals surface area contributed by atoms with Crippen molar-refractivity contribution in [2.45, 2.75) is 32.8 Å². The van der Waals surface area contributed by atoms with Crippen LogP contribution in [0.15, 0.2) is 4.52 Å². The average Bonchev–Trinajstić information content (AvgIpc) is 2.87. The summed E-state index contributed by atoms with van der Waals surface area (Å²) in [6.45, 7) is 3.74. The van der Waals surface area contributed by atoms with Crippen LogP contribution in [-0.4, -0.2) is 23.3 Å². The van der Waals surface area contributed by atoms with Crippen molar-refractivity contribution in [3.05, 3.63) is 11.7 Å². The van der Waals surface area contributed by atoms with Crippen LogP contribution in [0.4, 0.5) is 0 Å². The van der Waals surface area contributed by atoms with E-state index in [2.05, 4.69) is 10.1 Å². The van der Waals surface area contributed by atoms with Crippen molar-refractivity contribution in [3.63, 3.8) is 0 Å². The second-order valence-electron chi connectivity index (χ2n) is 4.43. The quantitative estimate of drug-likeness (QED) is 0.816. The molecule has 0 radical (unpaired) electrons. The minimum atomic E-state index is 0.436. The van der Waals surface area contributed by atoms with Gasteiger partial charge >= 0.3 is 0 Å². The molecule has 2 atom stereocenters. The third-order valence-electron chi connectivity index (χ3n) is 3.25. The molecule has 1 fully saturated rings. The first-order valence-corrected chi connectivity index (χ1v) is 5.86. The van der Waals surface area contributed by atoms with Crippen molar-refractivity contribution in [2.75, 3.05) is 13.2 Å². The first-order chi connectivity index (χ1) is 7.79. The zero-order valence-corrected chi connectivity index (χ0v) is 9.69. The molecule has 1 aromatic rings. The second-order valence-corrected chi connectivity index (χ2v) is 4.43. The van der Waals surface area contributed by atoms with E-state index in [0.717, 1.165) is 13.2 Å². The van der Waals surface area contributed by atoms with Crippen molar-refractivity contribution in [3.8, 4) is 0 Å². The number of ether oxygens (including phenoxy) is 1. The van der Waals surface area contributed by atoms with Gasteiger partial charge in [-0.3, -0.25) is 0 Å². The molecule has 5 nitrogen and oxygen atoms in total. The van der Waals surface area contributed by atoms with Crippen molar-refractivity contribution in [1.82, 2.24) is 10.1 Å². The van der Waals surface area contributed by atoms with E-state index < -0.39 is 0 Å². The number of nitrogens with two attached hydrogens (primary N) is 1. The number of aryl methyl sites for hydroxylation is 1. The Labute approximate surface area is 95.3 Å². The molecule has 1 aromatic heterocycles. The van der Waals surface area contributed by atoms with Gasteiger partial charge in [0.15, 0.2) is 5.82 Å². The smallest absolute Gasteiger partial charge is 0.223 e. The highest BCUT2D eigenvalue weighted by Gasteiger charge is 2.26. The Morgan fingerprint density at radius 3 is 2.94 bits per heavy atom. The van der Waals surface area contributed by atoms with Gasteiger partial charge in [-0.1, -0.05) is 11.6 Å². The topological polar surface area (TPSA) is 74.2 Å². The maximum atomic E-state index is 5.72. The molecular weight excluding hydrogens is 206 g/mol. The fourth-order valence-electron chi connectivity index (χ4n) is 2.34. The van der Waals surface area contributed by atoms with Gasteiger partial charge < -0.3 is 15.0 Å². The van der Waals surface area contributed by atoms with Crippen molar-refractivity contribution in [1.29, 1.82) is 0 Å². The summed E-state index contributed by atoms with van der Waals surface area (Å²) in [7, 11) is 0. The van der Waals surface area contributed by atoms with Crippen LogP contribution in [0.3, 0.4) is 0 Å². The minimum absolute atomic E-state index is 0.436. The van der Waals surface area contributed by atoms with E-state index in [9.17, 15) is 0 Å². The van der Waals surface area contributed by atoms with Crippen LogP contribution in [0.1, 0.15) is 31.0 Å². The lowest BCUT2D eigenvalue weighted by Gasteiger charge is -2.16. The largest absolute Gasteiger partial charge is 0.373 e. The van der Waals surface area contributed by atoms with E-state index in [1.807, 2.05) is 0 Å². The molecule has 0 aromatic carbocycles. The molecule has 90 valence electrons. The Hall–Kier alpha value is -0.940. The summed E-state index contributed by atoms with van der Waals surface area (Å²) in [6, 6.07) is 0. The zero-order chi connectivity index (χ0) is 11.4. The summed E-state index contributed by atoms with van der Waals surface area (Å²) in [5, 5.41) is 3.78. The third kappa shape index (κ3) is 2.80. The summed E-state index contributed by atoms with van der Waals surface area (Å²) in [4.78, 5) is 4.09. The summed E-state index contributed by atoms with van der Waals surface area (Å²) in [5.74, 6) is 2.45. The summed E-state index contributed by atoms with van der Waals surface area (Å²) >= 11 is 0. The van der Waals surface area contributed by atoms with Gasteiger partial charge in [-0.2, -0.15) is 4.98 Å². The van der Waals surface area contributed by atoms with E-state index in [-0.39, 0.29) is 0 Å². The molecule has 1 heterocycles. The van der Waals surface area contributed by atoms with Gasteiger partial charge in [-0.05, 0) is 31.2 Å². The normalized spacial score (nSPS) is 25.1. The third-order valence-corrected chi connectivity index (χ3v) is 3.25. The van der Waals surface area contributed by atoms with E-state index in [1.54, 1.807) is 6.92 Å². The van der Waals surface area contributed by atoms with Crippen molar-refractivity contribution < 1.29 is 9.26 Å². The molecule has 5 heteroatoms.